The highest BCUT2D eigenvalue weighted by molar-refractivity contribution is 5.94. The Morgan fingerprint density at radius 2 is 2.05 bits per heavy atom. The molecule has 0 spiro atoms. The van der Waals surface area contributed by atoms with Crippen molar-refractivity contribution in [2.75, 3.05) is 19.6 Å². The summed E-state index contributed by atoms with van der Waals surface area (Å²) in [5.41, 5.74) is -0.775. The topological polar surface area (TPSA) is 98.8 Å². The van der Waals surface area contributed by atoms with Crippen LogP contribution in [0.25, 0.3) is 0 Å². The number of amides is 4. The van der Waals surface area contributed by atoms with Gasteiger partial charge in [0.2, 0.25) is 23.6 Å². The van der Waals surface area contributed by atoms with Gasteiger partial charge in [0.1, 0.15) is 11.7 Å². The monoisotopic (exact) mass is 310 g/mol. The molecule has 1 unspecified atom stereocenters. The molecular weight excluding hydrogens is 288 g/mol. The highest BCUT2D eigenvalue weighted by Crippen LogP contribution is 2.21. The number of rotatable bonds is 4. The fraction of sp³-hybridized carbons (Fsp3) is 0.714. The lowest BCUT2D eigenvalue weighted by Gasteiger charge is -2.32. The van der Waals surface area contributed by atoms with Gasteiger partial charge in [-0.25, -0.2) is 0 Å². The van der Waals surface area contributed by atoms with Crippen LogP contribution in [0.15, 0.2) is 0 Å². The molecule has 2 N–H and O–H groups in total. The molecule has 0 bridgehead atoms. The number of carbonyl (C=O) groups is 4. The Labute approximate surface area is 129 Å². The molecule has 0 aromatic rings. The van der Waals surface area contributed by atoms with E-state index in [9.17, 15) is 19.2 Å². The number of likely N-dealkylation sites (tertiary alicyclic amines) is 1. The van der Waals surface area contributed by atoms with Crippen LogP contribution in [0, 0.1) is 0 Å². The first kappa shape index (κ1) is 16.3. The molecule has 2 aliphatic heterocycles. The van der Waals surface area contributed by atoms with Gasteiger partial charge in [0.25, 0.3) is 0 Å². The van der Waals surface area contributed by atoms with E-state index in [1.807, 2.05) is 0 Å². The van der Waals surface area contributed by atoms with Crippen LogP contribution >= 0.6 is 0 Å². The Hall–Kier alpha value is -2.12. The van der Waals surface area contributed by atoms with Crippen molar-refractivity contribution in [3.05, 3.63) is 0 Å². The van der Waals surface area contributed by atoms with E-state index in [1.165, 1.54) is 9.80 Å². The van der Waals surface area contributed by atoms with Crippen molar-refractivity contribution in [3.63, 3.8) is 0 Å². The zero-order valence-corrected chi connectivity index (χ0v) is 13.1. The maximum Gasteiger partial charge on any atom is 0.244 e. The fourth-order valence-corrected chi connectivity index (χ4v) is 2.96. The van der Waals surface area contributed by atoms with Gasteiger partial charge in [-0.2, -0.15) is 0 Å². The van der Waals surface area contributed by atoms with Gasteiger partial charge in [0.15, 0.2) is 0 Å². The van der Waals surface area contributed by atoms with Crippen LogP contribution in [-0.4, -0.2) is 64.8 Å². The molecule has 0 saturated carbocycles. The Morgan fingerprint density at radius 1 is 1.36 bits per heavy atom. The SMILES string of the molecule is CC1C(=O)NC(C)(C)N1C(=O)CNC(=O)CN1CCCC1=O. The highest BCUT2D eigenvalue weighted by atomic mass is 16.2. The lowest BCUT2D eigenvalue weighted by atomic mass is 10.2. The summed E-state index contributed by atoms with van der Waals surface area (Å²) in [6.45, 7) is 5.47. The van der Waals surface area contributed by atoms with Crippen molar-refractivity contribution >= 4 is 23.6 Å². The molecule has 0 aliphatic carbocycles. The van der Waals surface area contributed by atoms with Crippen molar-refractivity contribution in [3.8, 4) is 0 Å². The summed E-state index contributed by atoms with van der Waals surface area (Å²) in [5.74, 6) is -0.956. The quantitative estimate of drug-likeness (QED) is 0.682. The van der Waals surface area contributed by atoms with Gasteiger partial charge in [-0.3, -0.25) is 19.2 Å². The number of nitrogens with one attached hydrogen (secondary N) is 2. The average molecular weight is 310 g/mol. The number of nitrogens with zero attached hydrogens (tertiary/aromatic N) is 2. The normalized spacial score (nSPS) is 23.7. The number of carbonyl (C=O) groups excluding carboxylic acids is 4. The van der Waals surface area contributed by atoms with E-state index in [0.29, 0.717) is 13.0 Å². The molecule has 0 aromatic carbocycles. The van der Waals surface area contributed by atoms with E-state index in [-0.39, 0.29) is 36.7 Å². The lowest BCUT2D eigenvalue weighted by Crippen LogP contribution is -2.54. The van der Waals surface area contributed by atoms with E-state index < -0.39 is 11.7 Å². The first-order valence-corrected chi connectivity index (χ1v) is 7.41. The second-order valence-corrected chi connectivity index (χ2v) is 6.18. The second-order valence-electron chi connectivity index (χ2n) is 6.18. The molecule has 4 amide bonds. The van der Waals surface area contributed by atoms with Gasteiger partial charge >= 0.3 is 0 Å². The third-order valence-electron chi connectivity index (χ3n) is 4.01. The van der Waals surface area contributed by atoms with Crippen molar-refractivity contribution < 1.29 is 19.2 Å². The van der Waals surface area contributed by atoms with Gasteiger partial charge in [-0.05, 0) is 27.2 Å². The summed E-state index contributed by atoms with van der Waals surface area (Å²) < 4.78 is 0. The molecule has 2 rings (SSSR count). The minimum absolute atomic E-state index is 0.0256. The van der Waals surface area contributed by atoms with Crippen molar-refractivity contribution in [1.29, 1.82) is 0 Å². The van der Waals surface area contributed by atoms with Crippen molar-refractivity contribution in [1.82, 2.24) is 20.4 Å². The number of hydrogen-bond acceptors (Lipinski definition) is 4. The maximum absolute atomic E-state index is 12.3. The summed E-state index contributed by atoms with van der Waals surface area (Å²) in [6, 6.07) is -0.570. The summed E-state index contributed by atoms with van der Waals surface area (Å²) in [6.07, 6.45) is 1.23. The molecule has 2 fully saturated rings. The molecule has 0 aromatic heterocycles. The Kier molecular flexibility index (Phi) is 4.39. The van der Waals surface area contributed by atoms with Gasteiger partial charge < -0.3 is 20.4 Å². The molecule has 8 heteroatoms. The predicted octanol–water partition coefficient (Wildman–Crippen LogP) is -1.19. The van der Waals surface area contributed by atoms with Gasteiger partial charge in [-0.15, -0.1) is 0 Å². The fourth-order valence-electron chi connectivity index (χ4n) is 2.96. The number of hydrogen-bond donors (Lipinski definition) is 2. The zero-order chi connectivity index (χ0) is 16.5. The lowest BCUT2D eigenvalue weighted by molar-refractivity contribution is -0.139. The van der Waals surface area contributed by atoms with E-state index >= 15 is 0 Å². The Bertz CT molecular complexity index is 517. The predicted molar refractivity (Wildman–Crippen MR) is 77.4 cm³/mol. The van der Waals surface area contributed by atoms with Crippen LogP contribution in [-0.2, 0) is 19.2 Å². The van der Waals surface area contributed by atoms with Gasteiger partial charge in [0.05, 0.1) is 13.1 Å². The smallest absolute Gasteiger partial charge is 0.244 e. The molecule has 2 aliphatic rings. The van der Waals surface area contributed by atoms with Crippen molar-refractivity contribution in [2.24, 2.45) is 0 Å². The van der Waals surface area contributed by atoms with E-state index in [4.69, 9.17) is 0 Å². The van der Waals surface area contributed by atoms with Crippen LogP contribution < -0.4 is 10.6 Å². The first-order chi connectivity index (χ1) is 10.2. The molecule has 1 atom stereocenters. The molecular formula is C14H22N4O4. The third kappa shape index (κ3) is 3.20. The molecule has 0 radical (unpaired) electrons. The van der Waals surface area contributed by atoms with Crippen LogP contribution in [0.1, 0.15) is 33.6 Å². The van der Waals surface area contributed by atoms with Crippen molar-refractivity contribution in [2.45, 2.75) is 45.3 Å². The Balaban J connectivity index is 1.86. The molecule has 22 heavy (non-hydrogen) atoms. The minimum atomic E-state index is -0.775. The van der Waals surface area contributed by atoms with E-state index in [0.717, 1.165) is 6.42 Å². The van der Waals surface area contributed by atoms with Crippen LogP contribution in [0.3, 0.4) is 0 Å². The van der Waals surface area contributed by atoms with Crippen LogP contribution in [0.4, 0.5) is 0 Å². The van der Waals surface area contributed by atoms with Gasteiger partial charge in [0, 0.05) is 13.0 Å². The first-order valence-electron chi connectivity index (χ1n) is 7.41. The summed E-state index contributed by atoms with van der Waals surface area (Å²) in [5, 5.41) is 5.24. The standard InChI is InChI=1S/C14H22N4O4/c1-9-13(22)16-14(2,3)18(9)12(21)7-15-10(19)8-17-6-4-5-11(17)20/h9H,4-8H2,1-3H3,(H,15,19)(H,16,22). The molecule has 2 heterocycles. The van der Waals surface area contributed by atoms with Crippen LogP contribution in [0.5, 0.6) is 0 Å². The second kappa shape index (κ2) is 5.94. The zero-order valence-electron chi connectivity index (χ0n) is 13.1. The highest BCUT2D eigenvalue weighted by Gasteiger charge is 2.45. The molecule has 2 saturated heterocycles. The summed E-state index contributed by atoms with van der Waals surface area (Å²) in [7, 11) is 0. The molecule has 122 valence electrons. The van der Waals surface area contributed by atoms with E-state index in [2.05, 4.69) is 10.6 Å². The Morgan fingerprint density at radius 3 is 2.55 bits per heavy atom. The molecule has 8 nitrogen and oxygen atoms in total. The van der Waals surface area contributed by atoms with E-state index in [1.54, 1.807) is 20.8 Å². The third-order valence-corrected chi connectivity index (χ3v) is 4.01. The summed E-state index contributed by atoms with van der Waals surface area (Å²) >= 11 is 0. The minimum Gasteiger partial charge on any atom is -0.345 e. The largest absolute Gasteiger partial charge is 0.345 e. The average Bonchev–Trinajstić information content (AvgIpc) is 2.89. The van der Waals surface area contributed by atoms with Crippen LogP contribution in [0.2, 0.25) is 0 Å². The van der Waals surface area contributed by atoms with Gasteiger partial charge in [-0.1, -0.05) is 0 Å². The summed E-state index contributed by atoms with van der Waals surface area (Å²) in [4.78, 5) is 50.1. The maximum atomic E-state index is 12.3.